The molecule has 0 aliphatic carbocycles. The van der Waals surface area contributed by atoms with Crippen LogP contribution in [0.3, 0.4) is 0 Å². The van der Waals surface area contributed by atoms with E-state index >= 15 is 0 Å². The maximum atomic E-state index is 5.45. The van der Waals surface area contributed by atoms with Crippen molar-refractivity contribution >= 4 is 5.71 Å². The minimum atomic E-state index is 1.02. The summed E-state index contributed by atoms with van der Waals surface area (Å²) in [6.45, 7) is 1.02. The zero-order valence-electron chi connectivity index (χ0n) is 8.87. The van der Waals surface area contributed by atoms with E-state index in [2.05, 4.69) is 17.0 Å². The van der Waals surface area contributed by atoms with Gasteiger partial charge in [-0.05, 0) is 37.3 Å². The summed E-state index contributed by atoms with van der Waals surface area (Å²) in [6, 6.07) is 8.16. The molecule has 0 atom stereocenters. The minimum Gasteiger partial charge on any atom is -0.294 e. The molecule has 1 heterocycles. The molecule has 1 heteroatoms. The third-order valence-electron chi connectivity index (χ3n) is 2.81. The molecule has 0 aromatic heterocycles. The van der Waals surface area contributed by atoms with Crippen molar-refractivity contribution < 1.29 is 0 Å². The monoisotopic (exact) mass is 197 g/mol. The fourth-order valence-corrected chi connectivity index (χ4v) is 1.96. The number of aryl methyl sites for hydroxylation is 1. The molecule has 15 heavy (non-hydrogen) atoms. The fourth-order valence-electron chi connectivity index (χ4n) is 1.96. The summed E-state index contributed by atoms with van der Waals surface area (Å²) < 4.78 is 0. The number of terminal acetylenes is 1. The van der Waals surface area contributed by atoms with Gasteiger partial charge >= 0.3 is 0 Å². The van der Waals surface area contributed by atoms with Crippen molar-refractivity contribution in [2.24, 2.45) is 4.99 Å². The molecule has 0 saturated carbocycles. The van der Waals surface area contributed by atoms with Crippen LogP contribution in [0.15, 0.2) is 29.3 Å². The average molecular weight is 197 g/mol. The Morgan fingerprint density at radius 3 is 2.87 bits per heavy atom. The molecule has 0 bridgehead atoms. The predicted octanol–water partition coefficient (Wildman–Crippen LogP) is 2.84. The van der Waals surface area contributed by atoms with E-state index < -0.39 is 0 Å². The summed E-state index contributed by atoms with van der Waals surface area (Å²) in [5, 5.41) is 0. The van der Waals surface area contributed by atoms with Crippen LogP contribution in [0, 0.1) is 12.3 Å². The number of rotatable bonds is 3. The zero-order chi connectivity index (χ0) is 10.5. The zero-order valence-corrected chi connectivity index (χ0v) is 8.87. The van der Waals surface area contributed by atoms with Crippen LogP contribution in [0.25, 0.3) is 0 Å². The highest BCUT2D eigenvalue weighted by molar-refractivity contribution is 5.86. The molecule has 0 N–H and O–H groups in total. The van der Waals surface area contributed by atoms with E-state index in [1.165, 1.54) is 24.1 Å². The Kier molecular flexibility index (Phi) is 3.19. The van der Waals surface area contributed by atoms with E-state index in [0.29, 0.717) is 0 Å². The fraction of sp³-hybridized carbons (Fsp3) is 0.357. The topological polar surface area (TPSA) is 12.4 Å². The summed E-state index contributed by atoms with van der Waals surface area (Å²) in [4.78, 5) is 4.47. The summed E-state index contributed by atoms with van der Waals surface area (Å²) in [5.41, 5.74) is 3.66. The Morgan fingerprint density at radius 1 is 1.27 bits per heavy atom. The molecular weight excluding hydrogens is 182 g/mol. The molecule has 0 fully saturated rings. The Labute approximate surface area is 91.2 Å². The van der Waals surface area contributed by atoms with Gasteiger partial charge in [-0.2, -0.15) is 0 Å². The van der Waals surface area contributed by atoms with Gasteiger partial charge in [0, 0.05) is 17.8 Å². The van der Waals surface area contributed by atoms with Gasteiger partial charge in [0.1, 0.15) is 0 Å². The predicted molar refractivity (Wildman–Crippen MR) is 64.2 cm³/mol. The number of benzene rings is 1. The average Bonchev–Trinajstić information content (AvgIpc) is 2.79. The molecule has 0 spiro atoms. The number of hydrogen-bond donors (Lipinski definition) is 0. The van der Waals surface area contributed by atoms with Crippen LogP contribution >= 0.6 is 0 Å². The van der Waals surface area contributed by atoms with E-state index in [0.717, 1.165) is 24.9 Å². The van der Waals surface area contributed by atoms with Gasteiger partial charge in [-0.25, -0.2) is 0 Å². The maximum absolute atomic E-state index is 5.45. The highest BCUT2D eigenvalue weighted by atomic mass is 14.8. The molecule has 0 amide bonds. The van der Waals surface area contributed by atoms with Gasteiger partial charge in [0.25, 0.3) is 0 Å². The van der Waals surface area contributed by atoms with Crippen molar-refractivity contribution in [3.63, 3.8) is 0 Å². The number of aliphatic imine (C=N–C) groups is 1. The molecule has 0 unspecified atom stereocenters. The highest BCUT2D eigenvalue weighted by Crippen LogP contribution is 2.13. The normalized spacial score (nSPS) is 14.7. The number of hydrogen-bond acceptors (Lipinski definition) is 1. The van der Waals surface area contributed by atoms with E-state index in [1.807, 2.05) is 18.2 Å². The summed E-state index contributed by atoms with van der Waals surface area (Å²) in [6.07, 6.45) is 9.96. The lowest BCUT2D eigenvalue weighted by molar-refractivity contribution is 0.942. The molecule has 0 saturated heterocycles. The van der Waals surface area contributed by atoms with Crippen LogP contribution < -0.4 is 0 Å². The van der Waals surface area contributed by atoms with Gasteiger partial charge in [0.2, 0.25) is 0 Å². The van der Waals surface area contributed by atoms with Crippen molar-refractivity contribution in [3.05, 3.63) is 35.4 Å². The molecule has 1 aliphatic heterocycles. The van der Waals surface area contributed by atoms with E-state index in [-0.39, 0.29) is 0 Å². The summed E-state index contributed by atoms with van der Waals surface area (Å²) >= 11 is 0. The molecule has 2 rings (SSSR count). The minimum absolute atomic E-state index is 1.02. The van der Waals surface area contributed by atoms with E-state index in [4.69, 9.17) is 6.42 Å². The Morgan fingerprint density at radius 2 is 2.13 bits per heavy atom. The lowest BCUT2D eigenvalue weighted by atomic mass is 10.0. The molecule has 0 radical (unpaired) electrons. The van der Waals surface area contributed by atoms with Gasteiger partial charge in [0.05, 0.1) is 0 Å². The second-order valence-corrected chi connectivity index (χ2v) is 3.85. The van der Waals surface area contributed by atoms with Crippen molar-refractivity contribution in [1.29, 1.82) is 0 Å². The second-order valence-electron chi connectivity index (χ2n) is 3.85. The van der Waals surface area contributed by atoms with E-state index in [9.17, 15) is 0 Å². The quantitative estimate of drug-likeness (QED) is 0.661. The molecule has 1 aliphatic rings. The third kappa shape index (κ3) is 2.47. The Hall–Kier alpha value is -1.55. The van der Waals surface area contributed by atoms with Crippen molar-refractivity contribution in [2.75, 3.05) is 6.54 Å². The van der Waals surface area contributed by atoms with E-state index in [1.54, 1.807) is 0 Å². The number of nitrogens with zero attached hydrogens (tertiary/aromatic N) is 1. The standard InChI is InChI=1S/C14H15N/c1-2-12-6-3-4-7-13(12)9-10-14-8-5-11-15-14/h1,3-4,6-7H,5,8-11H2. The second kappa shape index (κ2) is 4.79. The van der Waals surface area contributed by atoms with Crippen LogP contribution in [-0.2, 0) is 6.42 Å². The maximum Gasteiger partial charge on any atom is 0.0392 e. The lowest BCUT2D eigenvalue weighted by Crippen LogP contribution is -1.98. The van der Waals surface area contributed by atoms with Crippen LogP contribution in [0.1, 0.15) is 30.4 Å². The van der Waals surface area contributed by atoms with Crippen LogP contribution in [-0.4, -0.2) is 12.3 Å². The Bertz CT molecular complexity index is 410. The van der Waals surface area contributed by atoms with Gasteiger partial charge in [-0.1, -0.05) is 24.1 Å². The largest absolute Gasteiger partial charge is 0.294 e. The molecule has 1 aromatic carbocycles. The first-order valence-electron chi connectivity index (χ1n) is 5.47. The molecular formula is C14H15N. The SMILES string of the molecule is C#Cc1ccccc1CCC1=NCCC1. The van der Waals surface area contributed by atoms with Gasteiger partial charge in [-0.15, -0.1) is 6.42 Å². The third-order valence-corrected chi connectivity index (χ3v) is 2.81. The smallest absolute Gasteiger partial charge is 0.0392 e. The summed E-state index contributed by atoms with van der Waals surface area (Å²) in [7, 11) is 0. The molecule has 1 nitrogen and oxygen atoms in total. The molecule has 76 valence electrons. The van der Waals surface area contributed by atoms with Gasteiger partial charge in [-0.3, -0.25) is 4.99 Å². The van der Waals surface area contributed by atoms with Crippen molar-refractivity contribution in [1.82, 2.24) is 0 Å². The van der Waals surface area contributed by atoms with Crippen LogP contribution in [0.5, 0.6) is 0 Å². The summed E-state index contributed by atoms with van der Waals surface area (Å²) in [5.74, 6) is 2.73. The van der Waals surface area contributed by atoms with Gasteiger partial charge in [0.15, 0.2) is 0 Å². The highest BCUT2D eigenvalue weighted by Gasteiger charge is 2.07. The van der Waals surface area contributed by atoms with Crippen molar-refractivity contribution in [2.45, 2.75) is 25.7 Å². The van der Waals surface area contributed by atoms with Crippen LogP contribution in [0.2, 0.25) is 0 Å². The lowest BCUT2D eigenvalue weighted by Gasteiger charge is -2.04. The molecule has 1 aromatic rings. The van der Waals surface area contributed by atoms with Crippen LogP contribution in [0.4, 0.5) is 0 Å². The van der Waals surface area contributed by atoms with Gasteiger partial charge < -0.3 is 0 Å². The Balaban J connectivity index is 2.01. The first-order chi connectivity index (χ1) is 7.40. The first kappa shape index (κ1) is 9.98. The van der Waals surface area contributed by atoms with Crippen molar-refractivity contribution in [3.8, 4) is 12.3 Å². The first-order valence-corrected chi connectivity index (χ1v) is 5.47.